The summed E-state index contributed by atoms with van der Waals surface area (Å²) in [7, 11) is 0. The van der Waals surface area contributed by atoms with Crippen LogP contribution in [-0.4, -0.2) is 3.21 Å². The fourth-order valence-electron chi connectivity index (χ4n) is 5.66. The first-order chi connectivity index (χ1) is 22.8. The van der Waals surface area contributed by atoms with Crippen molar-refractivity contribution < 1.29 is 49.0 Å². The molecular formula is C43H44Cl6Zr-2. The smallest absolute Gasteiger partial charge is 0.109 e. The van der Waals surface area contributed by atoms with E-state index in [0.717, 1.165) is 35.1 Å². The molecule has 0 saturated heterocycles. The third kappa shape index (κ3) is 12.2. The molecule has 0 radical (unpaired) electrons. The van der Waals surface area contributed by atoms with E-state index in [1.165, 1.54) is 71.9 Å². The monoisotopic (exact) mass is 860 g/mol. The van der Waals surface area contributed by atoms with Gasteiger partial charge in [-0.3, -0.25) is 6.08 Å². The number of benzene rings is 4. The first kappa shape index (κ1) is 45.0. The fourth-order valence-corrected chi connectivity index (χ4v) is 6.98. The number of halogens is 6. The molecule has 4 aromatic carbocycles. The van der Waals surface area contributed by atoms with Gasteiger partial charge in [-0.15, -0.1) is 17.5 Å². The van der Waals surface area contributed by atoms with E-state index >= 15 is 0 Å². The van der Waals surface area contributed by atoms with Gasteiger partial charge < -0.3 is 24.8 Å². The van der Waals surface area contributed by atoms with E-state index in [4.69, 9.17) is 46.4 Å². The Hall–Kier alpha value is -1.15. The molecule has 7 heteroatoms. The first-order valence-electron chi connectivity index (χ1n) is 16.3. The molecule has 0 heterocycles. The quantitative estimate of drug-likeness (QED) is 0.132. The van der Waals surface area contributed by atoms with Crippen LogP contribution in [0.4, 0.5) is 0 Å². The van der Waals surface area contributed by atoms with Gasteiger partial charge >= 0.3 is 167 Å². The van der Waals surface area contributed by atoms with Crippen LogP contribution >= 0.6 is 46.4 Å². The van der Waals surface area contributed by atoms with E-state index in [-0.39, 0.29) is 35.6 Å². The van der Waals surface area contributed by atoms with Crippen molar-refractivity contribution in [1.82, 2.24) is 0 Å². The summed E-state index contributed by atoms with van der Waals surface area (Å²) < 4.78 is 1.25. The van der Waals surface area contributed by atoms with Crippen LogP contribution in [0.3, 0.4) is 0 Å². The summed E-state index contributed by atoms with van der Waals surface area (Å²) in [5, 5.41) is 0. The Morgan fingerprint density at radius 3 is 1.54 bits per heavy atom. The van der Waals surface area contributed by atoms with Crippen molar-refractivity contribution in [3.05, 3.63) is 153 Å². The van der Waals surface area contributed by atoms with Gasteiger partial charge in [0.15, 0.2) is 0 Å². The Kier molecular flexibility index (Phi) is 18.3. The number of alkyl halides is 4. The van der Waals surface area contributed by atoms with E-state index in [0.29, 0.717) is 23.5 Å². The Bertz CT molecular complexity index is 1630. The zero-order valence-electron chi connectivity index (χ0n) is 29.6. The topological polar surface area (TPSA) is 0 Å². The summed E-state index contributed by atoms with van der Waals surface area (Å²) in [4.78, 5) is 0. The molecule has 0 amide bonds. The molecular weight excluding hydrogens is 820 g/mol. The minimum atomic E-state index is 0. The second-order valence-corrected chi connectivity index (χ2v) is 16.6. The molecule has 0 fully saturated rings. The van der Waals surface area contributed by atoms with Gasteiger partial charge in [0.25, 0.3) is 0 Å². The summed E-state index contributed by atoms with van der Waals surface area (Å²) in [5.41, 5.74) is 15.4. The van der Waals surface area contributed by atoms with Crippen LogP contribution < -0.4 is 24.8 Å². The number of fused-ring (bicyclic) bond motifs is 3. The van der Waals surface area contributed by atoms with Gasteiger partial charge in [0.1, 0.15) is 0 Å². The zero-order chi connectivity index (χ0) is 35.1. The third-order valence-corrected chi connectivity index (χ3v) is 11.0. The van der Waals surface area contributed by atoms with Crippen LogP contribution in [0.25, 0.3) is 11.1 Å². The van der Waals surface area contributed by atoms with E-state index < -0.39 is 0 Å². The van der Waals surface area contributed by atoms with Crippen LogP contribution in [-0.2, 0) is 65.0 Å². The van der Waals surface area contributed by atoms with Gasteiger partial charge in [-0.25, -0.2) is 12.2 Å². The van der Waals surface area contributed by atoms with Crippen LogP contribution in [0.1, 0.15) is 104 Å². The van der Waals surface area contributed by atoms with E-state index in [1.807, 2.05) is 24.3 Å². The van der Waals surface area contributed by atoms with Crippen molar-refractivity contribution in [3.63, 3.8) is 0 Å². The SMILES string of the molecule is CC(C)(C)c1[c-]c2c(cc1)-c1ccc(C(C)(C)C)cc1C2.ClCc1cc(CCl)cc([C](=[Zr+2])c2cc(CCl)cc(CCl)c2)c1.[C-]1=CC=CC1.[Cl-].[Cl-]. The summed E-state index contributed by atoms with van der Waals surface area (Å²) in [6.45, 7) is 13.6. The molecule has 0 aliphatic heterocycles. The standard InChI is InChI=1S/C21H25.C17H14Cl4.C5H5.2ClH.Zr/c1-20(2,3)16-7-9-18-14(12-16)11-15-13-17(21(4,5)6)8-10-19(15)18;18-8-14-2-12(3-15(6-14)9-19)1-13-4-16(10-20)7-17(5-13)11-21;1-2-4-5-3-1;;;/h7-10,12H,11H2,1-6H3;2-7H,8-11H2;1-3H,4H2;2*1H;/q-1;;-1;;;+2/p-2. The molecule has 0 atom stereocenters. The summed E-state index contributed by atoms with van der Waals surface area (Å²) in [6, 6.07) is 27.8. The fraction of sp³-hybridized carbons (Fsp3) is 0.326. The van der Waals surface area contributed by atoms with Crippen LogP contribution in [0, 0.1) is 12.1 Å². The second-order valence-electron chi connectivity index (χ2n) is 14.3. The molecule has 0 spiro atoms. The van der Waals surface area contributed by atoms with Crippen LogP contribution in [0.5, 0.6) is 0 Å². The Balaban J connectivity index is 0.000000293. The van der Waals surface area contributed by atoms with Crippen molar-refractivity contribution in [1.29, 1.82) is 0 Å². The van der Waals surface area contributed by atoms with Gasteiger partial charge in [0, 0.05) is 0 Å². The Labute approximate surface area is 348 Å². The third-order valence-electron chi connectivity index (χ3n) is 8.35. The second kappa shape index (κ2) is 20.3. The summed E-state index contributed by atoms with van der Waals surface area (Å²) in [5.74, 6) is 1.93. The molecule has 2 aliphatic rings. The largest absolute Gasteiger partial charge is 1.00 e. The molecule has 4 aromatic rings. The minimum absolute atomic E-state index is 0. The van der Waals surface area contributed by atoms with Gasteiger partial charge in [0.2, 0.25) is 0 Å². The van der Waals surface area contributed by atoms with Crippen molar-refractivity contribution in [3.8, 4) is 11.1 Å². The number of allylic oxidation sites excluding steroid dienone is 4. The van der Waals surface area contributed by atoms with Crippen molar-refractivity contribution in [2.75, 3.05) is 0 Å². The number of hydrogen-bond donors (Lipinski definition) is 0. The van der Waals surface area contributed by atoms with Crippen molar-refractivity contribution >= 4 is 49.6 Å². The first-order valence-corrected chi connectivity index (χ1v) is 19.6. The minimum Gasteiger partial charge on any atom is -1.00 e. The normalized spacial score (nSPS) is 12.4. The van der Waals surface area contributed by atoms with Gasteiger partial charge in [-0.2, -0.15) is 29.8 Å². The van der Waals surface area contributed by atoms with E-state index in [2.05, 4.69) is 114 Å². The van der Waals surface area contributed by atoms with E-state index in [9.17, 15) is 0 Å². The predicted octanol–water partition coefficient (Wildman–Crippen LogP) is 6.72. The van der Waals surface area contributed by atoms with Crippen molar-refractivity contribution in [2.45, 2.75) is 88.7 Å². The average Bonchev–Trinajstić information content (AvgIpc) is 3.78. The van der Waals surface area contributed by atoms with Crippen LogP contribution in [0.15, 0.2) is 85.0 Å². The average molecular weight is 865 g/mol. The Morgan fingerprint density at radius 2 is 1.16 bits per heavy atom. The zero-order valence-corrected chi connectivity index (χ0v) is 36.6. The molecule has 0 nitrogen and oxygen atoms in total. The molecule has 0 unspecified atom stereocenters. The number of hydrogen-bond acceptors (Lipinski definition) is 0. The van der Waals surface area contributed by atoms with Gasteiger partial charge in [-0.05, 0) is 28.4 Å². The molecule has 0 N–H and O–H groups in total. The summed E-state index contributed by atoms with van der Waals surface area (Å²) in [6.07, 6.45) is 11.0. The predicted molar refractivity (Wildman–Crippen MR) is 207 cm³/mol. The number of rotatable bonds is 6. The molecule has 2 aliphatic carbocycles. The molecule has 0 bridgehead atoms. The maximum absolute atomic E-state index is 5.99. The Morgan fingerprint density at radius 1 is 0.660 bits per heavy atom. The molecule has 50 heavy (non-hydrogen) atoms. The van der Waals surface area contributed by atoms with Gasteiger partial charge in [-0.1, -0.05) is 65.3 Å². The summed E-state index contributed by atoms with van der Waals surface area (Å²) >= 11 is 25.3. The maximum Gasteiger partial charge on any atom is -0.109 e. The molecule has 0 aromatic heterocycles. The molecule has 6 rings (SSSR count). The van der Waals surface area contributed by atoms with Gasteiger partial charge in [0.05, 0.1) is 0 Å². The maximum atomic E-state index is 5.99. The molecule has 264 valence electrons. The molecule has 0 saturated carbocycles. The van der Waals surface area contributed by atoms with Crippen LogP contribution in [0.2, 0.25) is 0 Å². The van der Waals surface area contributed by atoms with E-state index in [1.54, 1.807) is 0 Å². The van der Waals surface area contributed by atoms with Crippen molar-refractivity contribution in [2.24, 2.45) is 0 Å².